The Hall–Kier alpha value is -2.33. The van der Waals surface area contributed by atoms with Crippen LogP contribution in [0.4, 0.5) is 5.69 Å². The van der Waals surface area contributed by atoms with Crippen LogP contribution in [-0.4, -0.2) is 13.0 Å². The van der Waals surface area contributed by atoms with E-state index in [-0.39, 0.29) is 11.8 Å². The average Bonchev–Trinajstić information content (AvgIpc) is 2.65. The highest BCUT2D eigenvalue weighted by Crippen LogP contribution is 2.27. The molecule has 0 fully saturated rings. The van der Waals surface area contributed by atoms with E-state index in [4.69, 9.17) is 10.5 Å². The van der Waals surface area contributed by atoms with Crippen LogP contribution in [0.3, 0.4) is 0 Å². The minimum Gasteiger partial charge on any atom is -0.495 e. The second kappa shape index (κ2) is 9.97. The first-order chi connectivity index (χ1) is 12.5. The largest absolute Gasteiger partial charge is 0.495 e. The summed E-state index contributed by atoms with van der Waals surface area (Å²) in [6.07, 6.45) is 2.59. The molecular weight excluding hydrogens is 324 g/mol. The van der Waals surface area contributed by atoms with E-state index in [0.29, 0.717) is 23.9 Å². The van der Waals surface area contributed by atoms with E-state index in [9.17, 15) is 4.79 Å². The van der Waals surface area contributed by atoms with Crippen molar-refractivity contribution in [2.75, 3.05) is 12.4 Å². The molecule has 4 heteroatoms. The fourth-order valence-electron chi connectivity index (χ4n) is 3.11. The number of amides is 1. The van der Waals surface area contributed by atoms with Gasteiger partial charge in [-0.3, -0.25) is 4.79 Å². The molecule has 2 aromatic carbocycles. The van der Waals surface area contributed by atoms with Crippen LogP contribution in [-0.2, 0) is 17.8 Å². The average molecular weight is 354 g/mol. The number of aryl methyl sites for hydroxylation is 1. The Balaban J connectivity index is 2.08. The molecule has 2 aromatic rings. The van der Waals surface area contributed by atoms with Crippen LogP contribution in [0.25, 0.3) is 0 Å². The monoisotopic (exact) mass is 354 g/mol. The minimum absolute atomic E-state index is 0.0332. The predicted octanol–water partition coefficient (Wildman–Crippen LogP) is 4.39. The number of rotatable bonds is 9. The molecule has 0 aliphatic carbocycles. The van der Waals surface area contributed by atoms with E-state index < -0.39 is 0 Å². The third-order valence-corrected chi connectivity index (χ3v) is 4.51. The van der Waals surface area contributed by atoms with Crippen LogP contribution < -0.4 is 15.8 Å². The molecule has 0 spiro atoms. The van der Waals surface area contributed by atoms with Gasteiger partial charge in [-0.2, -0.15) is 0 Å². The molecule has 1 unspecified atom stereocenters. The lowest BCUT2D eigenvalue weighted by molar-refractivity contribution is -0.120. The second-order valence-electron chi connectivity index (χ2n) is 7.08. The van der Waals surface area contributed by atoms with E-state index in [2.05, 4.69) is 31.3 Å². The summed E-state index contributed by atoms with van der Waals surface area (Å²) in [4.78, 5) is 12.9. The van der Waals surface area contributed by atoms with Crippen molar-refractivity contribution in [3.63, 3.8) is 0 Å². The molecule has 3 N–H and O–H groups in total. The molecule has 0 saturated carbocycles. The molecule has 0 aromatic heterocycles. The quantitative estimate of drug-likeness (QED) is 0.702. The lowest BCUT2D eigenvalue weighted by Gasteiger charge is -2.20. The first-order valence-electron chi connectivity index (χ1n) is 9.25. The van der Waals surface area contributed by atoms with Gasteiger partial charge >= 0.3 is 0 Å². The maximum Gasteiger partial charge on any atom is 0.227 e. The van der Waals surface area contributed by atoms with Gasteiger partial charge in [0.15, 0.2) is 0 Å². The van der Waals surface area contributed by atoms with E-state index >= 15 is 0 Å². The zero-order valence-electron chi connectivity index (χ0n) is 16.0. The summed E-state index contributed by atoms with van der Waals surface area (Å²) in [5.74, 6) is 1.12. The Kier molecular flexibility index (Phi) is 7.67. The number of hydrogen-bond donors (Lipinski definition) is 2. The van der Waals surface area contributed by atoms with E-state index in [0.717, 1.165) is 24.8 Å². The topological polar surface area (TPSA) is 64.3 Å². The molecule has 26 heavy (non-hydrogen) atoms. The van der Waals surface area contributed by atoms with Gasteiger partial charge in [-0.05, 0) is 48.4 Å². The fraction of sp³-hybridized carbons (Fsp3) is 0.409. The van der Waals surface area contributed by atoms with Crippen molar-refractivity contribution in [3.05, 3.63) is 59.7 Å². The Labute approximate surface area is 156 Å². The van der Waals surface area contributed by atoms with Crippen molar-refractivity contribution in [1.82, 2.24) is 0 Å². The number of methoxy groups -OCH3 is 1. The van der Waals surface area contributed by atoms with E-state index in [1.165, 1.54) is 5.56 Å². The molecule has 4 nitrogen and oxygen atoms in total. The van der Waals surface area contributed by atoms with Gasteiger partial charge in [0, 0.05) is 12.5 Å². The number of nitrogens with one attached hydrogen (secondary N) is 1. The summed E-state index contributed by atoms with van der Waals surface area (Å²) < 4.78 is 5.41. The Bertz CT molecular complexity index is 699. The van der Waals surface area contributed by atoms with Gasteiger partial charge in [-0.25, -0.2) is 0 Å². The zero-order valence-corrected chi connectivity index (χ0v) is 16.0. The van der Waals surface area contributed by atoms with Gasteiger partial charge in [0.25, 0.3) is 0 Å². The molecule has 0 bridgehead atoms. The summed E-state index contributed by atoms with van der Waals surface area (Å²) in [5.41, 5.74) is 8.61. The molecule has 0 heterocycles. The van der Waals surface area contributed by atoms with Gasteiger partial charge in [0.05, 0.1) is 12.8 Å². The van der Waals surface area contributed by atoms with Gasteiger partial charge in [0.1, 0.15) is 5.75 Å². The Morgan fingerprint density at radius 3 is 2.46 bits per heavy atom. The van der Waals surface area contributed by atoms with Crippen molar-refractivity contribution in [2.45, 2.75) is 39.7 Å². The van der Waals surface area contributed by atoms with Crippen molar-refractivity contribution >= 4 is 11.6 Å². The highest BCUT2D eigenvalue weighted by Gasteiger charge is 2.21. The number of carbonyl (C=O) groups excluding carboxylic acids is 1. The van der Waals surface area contributed by atoms with Crippen molar-refractivity contribution in [1.29, 1.82) is 0 Å². The third kappa shape index (κ3) is 5.88. The summed E-state index contributed by atoms with van der Waals surface area (Å²) in [5, 5.41) is 3.05. The summed E-state index contributed by atoms with van der Waals surface area (Å²) in [6.45, 7) is 4.75. The molecule has 0 aliphatic rings. The molecule has 0 saturated heterocycles. The molecule has 140 valence electrons. The fourth-order valence-corrected chi connectivity index (χ4v) is 3.11. The lowest BCUT2D eigenvalue weighted by atomic mass is 9.90. The summed E-state index contributed by atoms with van der Waals surface area (Å²) >= 11 is 0. The molecule has 0 radical (unpaired) electrons. The van der Waals surface area contributed by atoms with Gasteiger partial charge in [0.2, 0.25) is 5.91 Å². The molecule has 1 amide bonds. The number of nitrogens with two attached hydrogens (primary N) is 1. The van der Waals surface area contributed by atoms with Gasteiger partial charge in [-0.1, -0.05) is 50.2 Å². The Morgan fingerprint density at radius 2 is 1.85 bits per heavy atom. The maximum absolute atomic E-state index is 12.9. The number of ether oxygens (including phenoxy) is 1. The van der Waals surface area contributed by atoms with Crippen LogP contribution in [0.5, 0.6) is 5.75 Å². The van der Waals surface area contributed by atoms with Gasteiger partial charge in [-0.15, -0.1) is 0 Å². The van der Waals surface area contributed by atoms with E-state index in [1.807, 2.05) is 36.4 Å². The maximum atomic E-state index is 12.9. The third-order valence-electron chi connectivity index (χ3n) is 4.51. The van der Waals surface area contributed by atoms with Crippen molar-refractivity contribution < 1.29 is 9.53 Å². The first-order valence-corrected chi connectivity index (χ1v) is 9.25. The number of carbonyl (C=O) groups is 1. The molecule has 2 rings (SSSR count). The molecule has 0 aliphatic heterocycles. The number of hydrogen-bond acceptors (Lipinski definition) is 3. The molecular formula is C22H30N2O2. The summed E-state index contributed by atoms with van der Waals surface area (Å²) in [6, 6.07) is 16.0. The predicted molar refractivity (Wildman–Crippen MR) is 107 cm³/mol. The standard InChI is InChI=1S/C22H30N2O2/c1-16(2)13-19(11-9-17-7-5-4-6-8-17)22(25)24-20-12-10-18(15-23)14-21(20)26-3/h4-8,10,12,14,16,19H,9,11,13,15,23H2,1-3H3,(H,24,25). The minimum atomic E-state index is -0.0332. The highest BCUT2D eigenvalue weighted by molar-refractivity contribution is 5.94. The highest BCUT2D eigenvalue weighted by atomic mass is 16.5. The lowest BCUT2D eigenvalue weighted by Crippen LogP contribution is -2.25. The number of benzene rings is 2. The van der Waals surface area contributed by atoms with Crippen LogP contribution in [0, 0.1) is 11.8 Å². The summed E-state index contributed by atoms with van der Waals surface area (Å²) in [7, 11) is 1.60. The van der Waals surface area contributed by atoms with Crippen LogP contribution >= 0.6 is 0 Å². The van der Waals surface area contributed by atoms with Gasteiger partial charge < -0.3 is 15.8 Å². The molecule has 1 atom stereocenters. The van der Waals surface area contributed by atoms with Crippen molar-refractivity contribution in [3.8, 4) is 5.75 Å². The Morgan fingerprint density at radius 1 is 1.12 bits per heavy atom. The zero-order chi connectivity index (χ0) is 18.9. The van der Waals surface area contributed by atoms with Crippen LogP contribution in [0.1, 0.15) is 37.8 Å². The smallest absolute Gasteiger partial charge is 0.227 e. The van der Waals surface area contributed by atoms with Crippen molar-refractivity contribution in [2.24, 2.45) is 17.6 Å². The van der Waals surface area contributed by atoms with Crippen LogP contribution in [0.15, 0.2) is 48.5 Å². The SMILES string of the molecule is COc1cc(CN)ccc1NC(=O)C(CCc1ccccc1)CC(C)C. The second-order valence-corrected chi connectivity index (χ2v) is 7.08. The normalized spacial score (nSPS) is 12.0. The van der Waals surface area contributed by atoms with E-state index in [1.54, 1.807) is 7.11 Å². The number of anilines is 1. The first kappa shape index (κ1) is 20.0. The van der Waals surface area contributed by atoms with Crippen LogP contribution in [0.2, 0.25) is 0 Å².